The number of aromatic nitrogens is 3. The Morgan fingerprint density at radius 1 is 1.05 bits per heavy atom. The molecular formula is C28H22N6O3S. The number of nitro groups is 1. The van der Waals surface area contributed by atoms with Crippen LogP contribution in [-0.2, 0) is 4.79 Å². The van der Waals surface area contributed by atoms with E-state index in [2.05, 4.69) is 32.6 Å². The van der Waals surface area contributed by atoms with Gasteiger partial charge in [0, 0.05) is 23.5 Å². The second-order valence-corrected chi connectivity index (χ2v) is 9.35. The van der Waals surface area contributed by atoms with E-state index in [0.29, 0.717) is 10.6 Å². The maximum absolute atomic E-state index is 12.5. The number of amides is 1. The number of nitrogens with one attached hydrogen (secondary N) is 1. The number of carbonyl (C=O) groups excluding carboxylic acids is 1. The minimum absolute atomic E-state index is 0.0459. The molecule has 1 amide bonds. The van der Waals surface area contributed by atoms with Crippen LogP contribution in [0.4, 0.5) is 5.69 Å². The molecule has 0 unspecified atom stereocenters. The van der Waals surface area contributed by atoms with Gasteiger partial charge in [0.25, 0.3) is 5.69 Å². The number of benzene rings is 3. The number of rotatable bonds is 8. The number of fused-ring (bicyclic) bond motifs is 1. The Morgan fingerprint density at radius 2 is 1.79 bits per heavy atom. The first-order valence-corrected chi connectivity index (χ1v) is 12.7. The molecule has 0 atom stereocenters. The fourth-order valence-electron chi connectivity index (χ4n) is 3.99. The van der Waals surface area contributed by atoms with Gasteiger partial charge in [0.05, 0.1) is 27.8 Å². The number of aryl methyl sites for hydroxylation is 1. The molecule has 0 saturated carbocycles. The summed E-state index contributed by atoms with van der Waals surface area (Å²) in [6.45, 7) is 2.04. The lowest BCUT2D eigenvalue weighted by Gasteiger charge is -2.06. The molecule has 9 nitrogen and oxygen atoms in total. The molecular weight excluding hydrogens is 500 g/mol. The van der Waals surface area contributed by atoms with Crippen molar-refractivity contribution in [2.45, 2.75) is 11.9 Å². The van der Waals surface area contributed by atoms with Crippen LogP contribution in [0.1, 0.15) is 11.1 Å². The van der Waals surface area contributed by atoms with Gasteiger partial charge >= 0.3 is 0 Å². The van der Waals surface area contributed by atoms with E-state index in [-0.39, 0.29) is 17.3 Å². The zero-order chi connectivity index (χ0) is 26.5. The van der Waals surface area contributed by atoms with Crippen LogP contribution in [0.15, 0.2) is 102 Å². The van der Waals surface area contributed by atoms with Gasteiger partial charge in [-0.2, -0.15) is 5.10 Å². The van der Waals surface area contributed by atoms with Crippen LogP contribution < -0.4 is 5.43 Å². The van der Waals surface area contributed by atoms with Crippen LogP contribution >= 0.6 is 11.8 Å². The van der Waals surface area contributed by atoms with Crippen LogP contribution in [0.25, 0.3) is 27.8 Å². The summed E-state index contributed by atoms with van der Waals surface area (Å²) in [5, 5.41) is 16.6. The standard InChI is InChI=1S/C28H22N6O3S/c1-19-11-13-22(14-12-19)33-16-23(20-7-3-2-4-8-20)26-27(33)29-18-30-28(26)38-17-25(35)32-31-15-21-9-5-6-10-24(21)34(36)37/h2-16,18H,17H2,1H3,(H,32,35)/b31-15+. The van der Waals surface area contributed by atoms with E-state index in [4.69, 9.17) is 0 Å². The number of nitrogens with zero attached hydrogens (tertiary/aromatic N) is 5. The van der Waals surface area contributed by atoms with Crippen LogP contribution in [0.5, 0.6) is 0 Å². The summed E-state index contributed by atoms with van der Waals surface area (Å²) in [6.07, 6.45) is 4.80. The smallest absolute Gasteiger partial charge is 0.278 e. The topological polar surface area (TPSA) is 115 Å². The van der Waals surface area contributed by atoms with Crippen LogP contribution in [-0.4, -0.2) is 37.3 Å². The first-order valence-electron chi connectivity index (χ1n) is 11.7. The van der Waals surface area contributed by atoms with Crippen molar-refractivity contribution in [2.24, 2.45) is 5.10 Å². The van der Waals surface area contributed by atoms with Gasteiger partial charge in [0.15, 0.2) is 0 Å². The minimum Gasteiger partial charge on any atom is -0.301 e. The highest BCUT2D eigenvalue weighted by atomic mass is 32.2. The Kier molecular flexibility index (Phi) is 7.23. The Morgan fingerprint density at radius 3 is 2.55 bits per heavy atom. The lowest BCUT2D eigenvalue weighted by Crippen LogP contribution is -2.19. The summed E-state index contributed by atoms with van der Waals surface area (Å²) in [5.74, 6) is -0.319. The van der Waals surface area contributed by atoms with Gasteiger partial charge in [-0.05, 0) is 30.7 Å². The van der Waals surface area contributed by atoms with Crippen molar-refractivity contribution in [1.29, 1.82) is 0 Å². The lowest BCUT2D eigenvalue weighted by molar-refractivity contribution is -0.385. The number of hydrazone groups is 1. The van der Waals surface area contributed by atoms with E-state index in [1.165, 1.54) is 30.4 Å². The van der Waals surface area contributed by atoms with Gasteiger partial charge in [0.1, 0.15) is 17.0 Å². The molecule has 1 N–H and O–H groups in total. The quantitative estimate of drug-likeness (QED) is 0.0940. The SMILES string of the molecule is Cc1ccc(-n2cc(-c3ccccc3)c3c(SCC(=O)N/N=C/c4ccccc4[N+](=O)[O-])ncnc32)cc1. The molecule has 188 valence electrons. The van der Waals surface area contributed by atoms with E-state index in [0.717, 1.165) is 33.4 Å². The van der Waals surface area contributed by atoms with Crippen molar-refractivity contribution in [3.63, 3.8) is 0 Å². The molecule has 0 saturated heterocycles. The highest BCUT2D eigenvalue weighted by Crippen LogP contribution is 2.36. The molecule has 2 aromatic heterocycles. The summed E-state index contributed by atoms with van der Waals surface area (Å²) in [5.41, 5.74) is 7.49. The normalized spacial score (nSPS) is 11.2. The van der Waals surface area contributed by atoms with E-state index in [9.17, 15) is 14.9 Å². The summed E-state index contributed by atoms with van der Waals surface area (Å²) < 4.78 is 2.03. The van der Waals surface area contributed by atoms with Crippen LogP contribution in [0.2, 0.25) is 0 Å². The predicted octanol–water partition coefficient (Wildman–Crippen LogP) is 5.55. The number of hydrogen-bond acceptors (Lipinski definition) is 7. The number of nitro benzene ring substituents is 1. The average molecular weight is 523 g/mol. The molecule has 0 radical (unpaired) electrons. The summed E-state index contributed by atoms with van der Waals surface area (Å²) >= 11 is 1.27. The molecule has 10 heteroatoms. The molecule has 5 aromatic rings. The fraction of sp³-hybridized carbons (Fsp3) is 0.0714. The van der Waals surface area contributed by atoms with Gasteiger partial charge in [0.2, 0.25) is 5.91 Å². The average Bonchev–Trinajstić information content (AvgIpc) is 3.33. The first kappa shape index (κ1) is 24.8. The summed E-state index contributed by atoms with van der Waals surface area (Å²) in [7, 11) is 0. The molecule has 5 rings (SSSR count). The van der Waals surface area contributed by atoms with Gasteiger partial charge in [-0.15, -0.1) is 0 Å². The van der Waals surface area contributed by atoms with Gasteiger partial charge < -0.3 is 4.57 Å². The van der Waals surface area contributed by atoms with Gasteiger partial charge in [-0.25, -0.2) is 15.4 Å². The van der Waals surface area contributed by atoms with E-state index < -0.39 is 4.92 Å². The van der Waals surface area contributed by atoms with E-state index >= 15 is 0 Å². The van der Waals surface area contributed by atoms with Crippen molar-refractivity contribution in [3.05, 3.63) is 113 Å². The summed E-state index contributed by atoms with van der Waals surface area (Å²) in [4.78, 5) is 32.3. The predicted molar refractivity (Wildman–Crippen MR) is 149 cm³/mol. The Hall–Kier alpha value is -4.83. The van der Waals surface area contributed by atoms with Crippen molar-refractivity contribution in [3.8, 4) is 16.8 Å². The molecule has 0 fully saturated rings. The van der Waals surface area contributed by atoms with Crippen molar-refractivity contribution < 1.29 is 9.72 Å². The Bertz CT molecular complexity index is 1650. The van der Waals surface area contributed by atoms with Crippen LogP contribution in [0, 0.1) is 17.0 Å². The van der Waals surface area contributed by atoms with Gasteiger partial charge in [-0.3, -0.25) is 14.9 Å². The maximum atomic E-state index is 12.5. The molecule has 3 aromatic carbocycles. The number of para-hydroxylation sites is 1. The highest BCUT2D eigenvalue weighted by Gasteiger charge is 2.18. The monoisotopic (exact) mass is 522 g/mol. The van der Waals surface area contributed by atoms with Crippen LogP contribution in [0.3, 0.4) is 0 Å². The van der Waals surface area contributed by atoms with Crippen molar-refractivity contribution >= 4 is 40.6 Å². The molecule has 0 aliphatic rings. The largest absolute Gasteiger partial charge is 0.301 e. The molecule has 2 heterocycles. The van der Waals surface area contributed by atoms with Crippen molar-refractivity contribution in [2.75, 3.05) is 5.75 Å². The Labute approximate surface area is 222 Å². The summed E-state index contributed by atoms with van der Waals surface area (Å²) in [6, 6.07) is 24.3. The first-order chi connectivity index (χ1) is 18.5. The third-order valence-corrected chi connectivity index (χ3v) is 6.80. The molecule has 0 aliphatic heterocycles. The molecule has 38 heavy (non-hydrogen) atoms. The second kappa shape index (κ2) is 11.1. The van der Waals surface area contributed by atoms with E-state index in [1.54, 1.807) is 18.2 Å². The van der Waals surface area contributed by atoms with Gasteiger partial charge in [-0.1, -0.05) is 71.9 Å². The van der Waals surface area contributed by atoms with Crippen molar-refractivity contribution in [1.82, 2.24) is 20.0 Å². The molecule has 0 bridgehead atoms. The highest BCUT2D eigenvalue weighted by molar-refractivity contribution is 8.00. The molecule has 0 aliphatic carbocycles. The van der Waals surface area contributed by atoms with E-state index in [1.807, 2.05) is 60.2 Å². The number of thioether (sulfide) groups is 1. The minimum atomic E-state index is -0.494. The number of hydrogen-bond donors (Lipinski definition) is 1. The zero-order valence-electron chi connectivity index (χ0n) is 20.3. The number of carbonyl (C=O) groups is 1. The lowest BCUT2D eigenvalue weighted by atomic mass is 10.1. The Balaban J connectivity index is 1.41. The zero-order valence-corrected chi connectivity index (χ0v) is 21.1. The third kappa shape index (κ3) is 5.30. The fourth-order valence-corrected chi connectivity index (χ4v) is 4.78. The third-order valence-electron chi connectivity index (χ3n) is 5.81. The maximum Gasteiger partial charge on any atom is 0.278 e. The second-order valence-electron chi connectivity index (χ2n) is 8.39. The molecule has 0 spiro atoms.